The largest absolute Gasteiger partial charge is 0.496 e. The van der Waals surface area contributed by atoms with Crippen LogP contribution in [0.5, 0.6) is 5.75 Å². The molecule has 0 aliphatic carbocycles. The maximum absolute atomic E-state index is 14.0. The predicted octanol–water partition coefficient (Wildman–Crippen LogP) is 5.53. The zero-order valence-electron chi connectivity index (χ0n) is 11.1. The van der Waals surface area contributed by atoms with E-state index in [1.807, 2.05) is 25.1 Å². The van der Waals surface area contributed by atoms with E-state index in [2.05, 4.69) is 37.2 Å². The van der Waals surface area contributed by atoms with Gasteiger partial charge in [0.15, 0.2) is 0 Å². The lowest BCUT2D eigenvalue weighted by molar-refractivity contribution is 0.402. The Morgan fingerprint density at radius 1 is 1.20 bits per heavy atom. The summed E-state index contributed by atoms with van der Waals surface area (Å²) < 4.78 is 21.1. The topological polar surface area (TPSA) is 21.3 Å². The van der Waals surface area contributed by atoms with Crippen molar-refractivity contribution in [1.82, 2.24) is 0 Å². The van der Waals surface area contributed by atoms with E-state index >= 15 is 0 Å². The monoisotopic (exact) mass is 401 g/mol. The SMILES string of the molecule is COc1cccc(F)c1C(C)Nc1cc(Br)ccc1Br. The molecule has 0 fully saturated rings. The van der Waals surface area contributed by atoms with Crippen molar-refractivity contribution in [1.29, 1.82) is 0 Å². The van der Waals surface area contributed by atoms with E-state index in [1.54, 1.807) is 19.2 Å². The number of hydrogen-bond acceptors (Lipinski definition) is 2. The van der Waals surface area contributed by atoms with Gasteiger partial charge in [0.05, 0.1) is 24.4 Å². The number of benzene rings is 2. The van der Waals surface area contributed by atoms with E-state index in [4.69, 9.17) is 4.74 Å². The van der Waals surface area contributed by atoms with Gasteiger partial charge in [0.1, 0.15) is 11.6 Å². The number of nitrogens with one attached hydrogen (secondary N) is 1. The molecule has 0 aliphatic heterocycles. The van der Waals surface area contributed by atoms with E-state index in [9.17, 15) is 4.39 Å². The molecule has 2 rings (SSSR count). The Bertz CT molecular complexity index is 619. The Kier molecular flexibility index (Phi) is 5.05. The molecule has 0 radical (unpaired) electrons. The maximum Gasteiger partial charge on any atom is 0.132 e. The molecule has 0 bridgehead atoms. The van der Waals surface area contributed by atoms with Crippen molar-refractivity contribution in [2.75, 3.05) is 12.4 Å². The van der Waals surface area contributed by atoms with Crippen LogP contribution in [0.15, 0.2) is 45.3 Å². The van der Waals surface area contributed by atoms with Crippen molar-refractivity contribution in [3.63, 3.8) is 0 Å². The maximum atomic E-state index is 14.0. The molecule has 0 aliphatic rings. The zero-order chi connectivity index (χ0) is 14.7. The van der Waals surface area contributed by atoms with Gasteiger partial charge in [-0.05, 0) is 53.2 Å². The second-order valence-corrected chi connectivity index (χ2v) is 6.12. The molecular formula is C15H14Br2FNO. The molecule has 0 aromatic heterocycles. The van der Waals surface area contributed by atoms with Crippen LogP contribution in [0.4, 0.5) is 10.1 Å². The molecule has 0 amide bonds. The number of hydrogen-bond donors (Lipinski definition) is 1. The molecule has 0 saturated carbocycles. The van der Waals surface area contributed by atoms with Crippen LogP contribution in [0.1, 0.15) is 18.5 Å². The Morgan fingerprint density at radius 2 is 1.95 bits per heavy atom. The van der Waals surface area contributed by atoms with Gasteiger partial charge in [0.25, 0.3) is 0 Å². The summed E-state index contributed by atoms with van der Waals surface area (Å²) in [6, 6.07) is 10.4. The molecule has 2 nitrogen and oxygen atoms in total. The second-order valence-electron chi connectivity index (χ2n) is 4.35. The van der Waals surface area contributed by atoms with Crippen molar-refractivity contribution >= 4 is 37.5 Å². The highest BCUT2D eigenvalue weighted by Crippen LogP contribution is 2.33. The molecule has 0 spiro atoms. The normalized spacial score (nSPS) is 12.1. The molecular weight excluding hydrogens is 389 g/mol. The summed E-state index contributed by atoms with van der Waals surface area (Å²) in [6.07, 6.45) is 0. The Hall–Kier alpha value is -1.07. The fourth-order valence-electron chi connectivity index (χ4n) is 2.03. The van der Waals surface area contributed by atoms with Crippen LogP contribution in [0, 0.1) is 5.82 Å². The minimum Gasteiger partial charge on any atom is -0.496 e. The molecule has 1 unspecified atom stereocenters. The molecule has 2 aromatic carbocycles. The summed E-state index contributed by atoms with van der Waals surface area (Å²) in [4.78, 5) is 0. The summed E-state index contributed by atoms with van der Waals surface area (Å²) in [7, 11) is 1.54. The van der Waals surface area contributed by atoms with E-state index in [-0.39, 0.29) is 11.9 Å². The van der Waals surface area contributed by atoms with Crippen LogP contribution < -0.4 is 10.1 Å². The molecule has 1 atom stereocenters. The fourth-order valence-corrected chi connectivity index (χ4v) is 2.75. The summed E-state index contributed by atoms with van der Waals surface area (Å²) in [5.74, 6) is 0.256. The van der Waals surface area contributed by atoms with E-state index in [0.29, 0.717) is 11.3 Å². The second kappa shape index (κ2) is 6.59. The Labute approximate surface area is 134 Å². The van der Waals surface area contributed by atoms with Gasteiger partial charge in [-0.25, -0.2) is 4.39 Å². The molecule has 0 saturated heterocycles. The van der Waals surface area contributed by atoms with Gasteiger partial charge in [-0.3, -0.25) is 0 Å². The third-order valence-electron chi connectivity index (χ3n) is 2.97. The van der Waals surface area contributed by atoms with Gasteiger partial charge >= 0.3 is 0 Å². The average Bonchev–Trinajstić information content (AvgIpc) is 2.42. The lowest BCUT2D eigenvalue weighted by atomic mass is 10.1. The molecule has 106 valence electrons. The third kappa shape index (κ3) is 3.33. The smallest absolute Gasteiger partial charge is 0.132 e. The molecule has 5 heteroatoms. The van der Waals surface area contributed by atoms with Gasteiger partial charge < -0.3 is 10.1 Å². The van der Waals surface area contributed by atoms with Crippen molar-refractivity contribution < 1.29 is 9.13 Å². The quantitative estimate of drug-likeness (QED) is 0.725. The van der Waals surface area contributed by atoms with Crippen LogP contribution in [0.3, 0.4) is 0 Å². The number of methoxy groups -OCH3 is 1. The van der Waals surface area contributed by atoms with Crippen molar-refractivity contribution in [2.24, 2.45) is 0 Å². The first-order chi connectivity index (χ1) is 9.52. The lowest BCUT2D eigenvalue weighted by Crippen LogP contribution is -2.10. The van der Waals surface area contributed by atoms with Crippen molar-refractivity contribution in [3.05, 3.63) is 56.7 Å². The highest BCUT2D eigenvalue weighted by atomic mass is 79.9. The van der Waals surface area contributed by atoms with Gasteiger partial charge in [-0.1, -0.05) is 22.0 Å². The van der Waals surface area contributed by atoms with Gasteiger partial charge in [0, 0.05) is 8.95 Å². The van der Waals surface area contributed by atoms with E-state index in [1.165, 1.54) is 6.07 Å². The summed E-state index contributed by atoms with van der Waals surface area (Å²) >= 11 is 6.90. The average molecular weight is 403 g/mol. The van der Waals surface area contributed by atoms with Crippen molar-refractivity contribution in [3.8, 4) is 5.75 Å². The number of anilines is 1. The third-order valence-corrected chi connectivity index (χ3v) is 4.15. The summed E-state index contributed by atoms with van der Waals surface area (Å²) in [5.41, 5.74) is 1.40. The fraction of sp³-hybridized carbons (Fsp3) is 0.200. The van der Waals surface area contributed by atoms with Crippen LogP contribution in [0.25, 0.3) is 0 Å². The standard InChI is InChI=1S/C15H14Br2FNO/c1-9(15-12(18)4-3-5-14(15)20-2)19-13-8-10(16)6-7-11(13)17/h3-9,19H,1-2H3. The highest BCUT2D eigenvalue weighted by molar-refractivity contribution is 9.11. The summed E-state index contributed by atoms with van der Waals surface area (Å²) in [5, 5.41) is 3.29. The first-order valence-electron chi connectivity index (χ1n) is 6.07. The first kappa shape index (κ1) is 15.3. The molecule has 1 N–H and O–H groups in total. The Morgan fingerprint density at radius 3 is 2.65 bits per heavy atom. The number of ether oxygens (including phenoxy) is 1. The number of halogens is 3. The van der Waals surface area contributed by atoms with Gasteiger partial charge in [0.2, 0.25) is 0 Å². The Balaban J connectivity index is 2.33. The summed E-state index contributed by atoms with van der Waals surface area (Å²) in [6.45, 7) is 1.90. The molecule has 0 heterocycles. The minimum absolute atomic E-state index is 0.225. The van der Waals surface area contributed by atoms with Crippen molar-refractivity contribution in [2.45, 2.75) is 13.0 Å². The lowest BCUT2D eigenvalue weighted by Gasteiger charge is -2.20. The number of rotatable bonds is 4. The van der Waals surface area contributed by atoms with E-state index in [0.717, 1.165) is 14.6 Å². The van der Waals surface area contributed by atoms with Crippen LogP contribution in [0.2, 0.25) is 0 Å². The van der Waals surface area contributed by atoms with Crippen LogP contribution >= 0.6 is 31.9 Å². The highest BCUT2D eigenvalue weighted by Gasteiger charge is 2.17. The first-order valence-corrected chi connectivity index (χ1v) is 7.65. The van der Waals surface area contributed by atoms with Crippen LogP contribution in [-0.2, 0) is 0 Å². The minimum atomic E-state index is -0.282. The van der Waals surface area contributed by atoms with E-state index < -0.39 is 0 Å². The predicted molar refractivity (Wildman–Crippen MR) is 86.8 cm³/mol. The molecule has 20 heavy (non-hydrogen) atoms. The van der Waals surface area contributed by atoms with Crippen LogP contribution in [-0.4, -0.2) is 7.11 Å². The zero-order valence-corrected chi connectivity index (χ0v) is 14.3. The van der Waals surface area contributed by atoms with Gasteiger partial charge in [-0.2, -0.15) is 0 Å². The molecule has 2 aromatic rings. The van der Waals surface area contributed by atoms with Gasteiger partial charge in [-0.15, -0.1) is 0 Å².